The summed E-state index contributed by atoms with van der Waals surface area (Å²) in [5, 5.41) is 7.10. The SMILES string of the molecule is C[C@H]1[C@H](C)CCC[C@@H]1NC(=O)[C@@H]1N(C2CCCCCCC2)C(=O)[C@@H]2[C@@H](C(=O)Nc3cc(Cl)cc(Cl)c3)[C@@H]3C=C[C@]21O3. The molecular formula is C32H41Cl2N3O4. The number of anilines is 1. The predicted molar refractivity (Wildman–Crippen MR) is 160 cm³/mol. The summed E-state index contributed by atoms with van der Waals surface area (Å²) in [5.41, 5.74) is -0.698. The van der Waals surface area contributed by atoms with Crippen LogP contribution in [0, 0.1) is 23.7 Å². The van der Waals surface area contributed by atoms with Gasteiger partial charge in [-0.15, -0.1) is 0 Å². The van der Waals surface area contributed by atoms with Crippen LogP contribution in [0.5, 0.6) is 0 Å². The molecule has 2 bridgehead atoms. The minimum atomic E-state index is -1.16. The monoisotopic (exact) mass is 601 g/mol. The van der Waals surface area contributed by atoms with Gasteiger partial charge >= 0.3 is 0 Å². The normalized spacial score (nSPS) is 37.0. The van der Waals surface area contributed by atoms with Crippen molar-refractivity contribution in [2.24, 2.45) is 23.7 Å². The first-order valence-electron chi connectivity index (χ1n) is 15.5. The Bertz CT molecular complexity index is 1210. The van der Waals surface area contributed by atoms with Gasteiger partial charge in [-0.05, 0) is 49.3 Å². The van der Waals surface area contributed by atoms with Crippen LogP contribution in [0.3, 0.4) is 0 Å². The number of ether oxygens (including phenoxy) is 1. The molecule has 8 atom stereocenters. The molecule has 3 aliphatic heterocycles. The number of nitrogens with zero attached hydrogens (tertiary/aromatic N) is 1. The number of carbonyl (C=O) groups excluding carboxylic acids is 3. The average Bonchev–Trinajstić information content (AvgIpc) is 3.53. The number of amides is 3. The Hall–Kier alpha value is -2.09. The Balaban J connectivity index is 1.33. The zero-order chi connectivity index (χ0) is 28.9. The maximum atomic E-state index is 14.5. The quantitative estimate of drug-likeness (QED) is 0.397. The van der Waals surface area contributed by atoms with E-state index in [0.717, 1.165) is 57.8 Å². The van der Waals surface area contributed by atoms with Crippen molar-refractivity contribution in [2.75, 3.05) is 5.32 Å². The van der Waals surface area contributed by atoms with Crippen LogP contribution < -0.4 is 10.6 Å². The van der Waals surface area contributed by atoms with Crippen LogP contribution in [0.2, 0.25) is 10.0 Å². The molecule has 1 aromatic rings. The second kappa shape index (κ2) is 11.5. The van der Waals surface area contributed by atoms with Crippen molar-refractivity contribution in [1.29, 1.82) is 0 Å². The Kier molecular flexibility index (Phi) is 8.16. The topological polar surface area (TPSA) is 87.7 Å². The second-order valence-electron chi connectivity index (χ2n) is 13.0. The molecule has 4 fully saturated rings. The molecule has 1 spiro atoms. The van der Waals surface area contributed by atoms with Crippen molar-refractivity contribution in [2.45, 2.75) is 108 Å². The Morgan fingerprint density at radius 2 is 1.61 bits per heavy atom. The molecule has 2 aliphatic carbocycles. The molecule has 6 rings (SSSR count). The molecule has 9 heteroatoms. The van der Waals surface area contributed by atoms with E-state index in [-0.39, 0.29) is 29.8 Å². The van der Waals surface area contributed by atoms with E-state index in [4.69, 9.17) is 27.9 Å². The van der Waals surface area contributed by atoms with Gasteiger partial charge in [0, 0.05) is 27.8 Å². The fourth-order valence-corrected chi connectivity index (χ4v) is 8.74. The standard InChI is InChI=1S/C32H41Cl2N3O4/c1-18-9-8-12-24(19(18)2)36-30(39)28-32-14-13-25(41-32)26(29(38)35-22-16-20(33)15-21(34)17-22)27(32)31(40)37(28)23-10-6-4-3-5-7-11-23/h13-19,23-28H,3-12H2,1-2H3,(H,35,38)(H,36,39)/t18-,19+,24+,25+,26+,27+,28+,32+/m1/s1. The molecular weight excluding hydrogens is 561 g/mol. The summed E-state index contributed by atoms with van der Waals surface area (Å²) >= 11 is 12.3. The zero-order valence-corrected chi connectivity index (χ0v) is 25.4. The smallest absolute Gasteiger partial charge is 0.246 e. The Labute approximate surface area is 252 Å². The molecule has 3 amide bonds. The van der Waals surface area contributed by atoms with Crippen LogP contribution in [0.25, 0.3) is 0 Å². The van der Waals surface area contributed by atoms with E-state index in [1.54, 1.807) is 18.2 Å². The number of benzene rings is 1. The molecule has 5 aliphatic rings. The van der Waals surface area contributed by atoms with E-state index >= 15 is 0 Å². The van der Waals surface area contributed by atoms with E-state index in [1.165, 1.54) is 6.42 Å². The van der Waals surface area contributed by atoms with Crippen LogP contribution in [0.4, 0.5) is 5.69 Å². The van der Waals surface area contributed by atoms with E-state index in [2.05, 4.69) is 24.5 Å². The van der Waals surface area contributed by atoms with Crippen molar-refractivity contribution in [1.82, 2.24) is 10.2 Å². The van der Waals surface area contributed by atoms with Crippen LogP contribution in [-0.2, 0) is 19.1 Å². The first-order valence-corrected chi connectivity index (χ1v) is 16.2. The summed E-state index contributed by atoms with van der Waals surface area (Å²) in [5.74, 6) is -1.26. The largest absolute Gasteiger partial charge is 0.359 e. The average molecular weight is 603 g/mol. The van der Waals surface area contributed by atoms with Gasteiger partial charge in [-0.25, -0.2) is 0 Å². The molecule has 0 radical (unpaired) electrons. The summed E-state index contributed by atoms with van der Waals surface area (Å²) < 4.78 is 6.57. The molecule has 7 nitrogen and oxygen atoms in total. The van der Waals surface area contributed by atoms with Gasteiger partial charge in [0.25, 0.3) is 0 Å². The van der Waals surface area contributed by atoms with Gasteiger partial charge in [0.1, 0.15) is 11.6 Å². The summed E-state index contributed by atoms with van der Waals surface area (Å²) in [6.07, 6.45) is 13.6. The van der Waals surface area contributed by atoms with E-state index in [1.807, 2.05) is 17.1 Å². The van der Waals surface area contributed by atoms with Crippen molar-refractivity contribution in [3.05, 3.63) is 40.4 Å². The first-order chi connectivity index (χ1) is 19.7. The van der Waals surface area contributed by atoms with E-state index in [9.17, 15) is 14.4 Å². The lowest BCUT2D eigenvalue weighted by Crippen LogP contribution is -2.59. The fraction of sp³-hybridized carbons (Fsp3) is 0.656. The van der Waals surface area contributed by atoms with Crippen LogP contribution in [0.15, 0.2) is 30.4 Å². The third kappa shape index (κ3) is 5.21. The number of hydrogen-bond donors (Lipinski definition) is 2. The van der Waals surface area contributed by atoms with Gasteiger partial charge in [0.2, 0.25) is 17.7 Å². The number of carbonyl (C=O) groups is 3. The molecule has 0 unspecified atom stereocenters. The maximum absolute atomic E-state index is 14.5. The van der Waals surface area contributed by atoms with Crippen LogP contribution in [-0.4, -0.2) is 52.5 Å². The minimum absolute atomic E-state index is 0.0484. The highest BCUT2D eigenvalue weighted by Crippen LogP contribution is 2.56. The number of hydrogen-bond acceptors (Lipinski definition) is 4. The molecule has 3 heterocycles. The molecule has 1 aromatic carbocycles. The molecule has 41 heavy (non-hydrogen) atoms. The summed E-state index contributed by atoms with van der Waals surface area (Å²) in [4.78, 5) is 44.4. The summed E-state index contributed by atoms with van der Waals surface area (Å²) in [6.45, 7) is 4.46. The highest BCUT2D eigenvalue weighted by molar-refractivity contribution is 6.35. The van der Waals surface area contributed by atoms with Gasteiger partial charge in [0.15, 0.2) is 0 Å². The highest BCUT2D eigenvalue weighted by Gasteiger charge is 2.73. The van der Waals surface area contributed by atoms with Gasteiger partial charge in [-0.1, -0.05) is 94.1 Å². The van der Waals surface area contributed by atoms with Crippen molar-refractivity contribution in [3.8, 4) is 0 Å². The molecule has 2 saturated heterocycles. The third-order valence-corrected chi connectivity index (χ3v) is 10.9. The van der Waals surface area contributed by atoms with Gasteiger partial charge < -0.3 is 20.3 Å². The fourth-order valence-electron chi connectivity index (χ4n) is 8.21. The number of halogens is 2. The molecule has 222 valence electrons. The summed E-state index contributed by atoms with van der Waals surface area (Å²) in [6, 6.07) is 4.07. The second-order valence-corrected chi connectivity index (χ2v) is 13.8. The molecule has 0 aromatic heterocycles. The van der Waals surface area contributed by atoms with Gasteiger partial charge in [0.05, 0.1) is 17.9 Å². The molecule has 2 saturated carbocycles. The Morgan fingerprint density at radius 1 is 0.927 bits per heavy atom. The van der Waals surface area contributed by atoms with Gasteiger partial charge in [-0.3, -0.25) is 14.4 Å². The van der Waals surface area contributed by atoms with Crippen LogP contribution in [0.1, 0.15) is 78.1 Å². The molecule has 2 N–H and O–H groups in total. The lowest BCUT2D eigenvalue weighted by atomic mass is 9.73. The zero-order valence-electron chi connectivity index (χ0n) is 23.9. The lowest BCUT2D eigenvalue weighted by Gasteiger charge is -2.40. The van der Waals surface area contributed by atoms with Crippen molar-refractivity contribution in [3.63, 3.8) is 0 Å². The van der Waals surface area contributed by atoms with Crippen molar-refractivity contribution >= 4 is 46.6 Å². The number of fused-ring (bicyclic) bond motifs is 1. The van der Waals surface area contributed by atoms with Crippen molar-refractivity contribution < 1.29 is 19.1 Å². The maximum Gasteiger partial charge on any atom is 0.246 e. The first kappa shape index (κ1) is 29.0. The summed E-state index contributed by atoms with van der Waals surface area (Å²) in [7, 11) is 0. The predicted octanol–water partition coefficient (Wildman–Crippen LogP) is 6.14. The number of nitrogens with one attached hydrogen (secondary N) is 2. The van der Waals surface area contributed by atoms with E-state index in [0.29, 0.717) is 27.6 Å². The number of likely N-dealkylation sites (tertiary alicyclic amines) is 1. The lowest BCUT2D eigenvalue weighted by molar-refractivity contribution is -0.144. The Morgan fingerprint density at radius 3 is 2.32 bits per heavy atom. The van der Waals surface area contributed by atoms with Gasteiger partial charge in [-0.2, -0.15) is 0 Å². The van der Waals surface area contributed by atoms with E-state index < -0.39 is 29.6 Å². The number of rotatable bonds is 5. The highest BCUT2D eigenvalue weighted by atomic mass is 35.5. The third-order valence-electron chi connectivity index (χ3n) is 10.5. The minimum Gasteiger partial charge on any atom is -0.359 e. The van der Waals surface area contributed by atoms with Crippen LogP contribution >= 0.6 is 23.2 Å².